The van der Waals surface area contributed by atoms with E-state index in [0.717, 1.165) is 4.47 Å². The Morgan fingerprint density at radius 1 is 1.53 bits per heavy atom. The first kappa shape index (κ1) is 12.1. The summed E-state index contributed by atoms with van der Waals surface area (Å²) in [6.07, 6.45) is 4.62. The van der Waals surface area contributed by atoms with E-state index in [0.29, 0.717) is 11.5 Å². The van der Waals surface area contributed by atoms with Crippen LogP contribution in [0.1, 0.15) is 10.5 Å². The summed E-state index contributed by atoms with van der Waals surface area (Å²) < 4.78 is 2.54. The predicted octanol–water partition coefficient (Wildman–Crippen LogP) is 2.48. The molecular formula is C10H8BrClN4O. The minimum atomic E-state index is -0.269. The fraction of sp³-hybridized carbons (Fsp3) is 0.100. The van der Waals surface area contributed by atoms with Crippen LogP contribution in [0.2, 0.25) is 5.15 Å². The molecule has 0 unspecified atom stereocenters. The second kappa shape index (κ2) is 4.85. The Labute approximate surface area is 111 Å². The van der Waals surface area contributed by atoms with E-state index in [1.54, 1.807) is 23.9 Å². The van der Waals surface area contributed by atoms with E-state index >= 15 is 0 Å². The van der Waals surface area contributed by atoms with E-state index in [2.05, 4.69) is 31.2 Å². The standard InChI is InChI=1S/C10H8BrClN4O/c1-16-5-6(11)2-7(16)10(17)15-9-4-13-3-8(12)14-9/h2-5H,1H3,(H,14,15,17). The zero-order chi connectivity index (χ0) is 12.4. The van der Waals surface area contributed by atoms with Gasteiger partial charge in [-0.1, -0.05) is 11.6 Å². The van der Waals surface area contributed by atoms with Crippen LogP contribution >= 0.6 is 27.5 Å². The zero-order valence-electron chi connectivity index (χ0n) is 8.82. The van der Waals surface area contributed by atoms with Crippen LogP contribution in [0.4, 0.5) is 5.82 Å². The number of amides is 1. The Morgan fingerprint density at radius 2 is 2.29 bits per heavy atom. The summed E-state index contributed by atoms with van der Waals surface area (Å²) in [7, 11) is 1.78. The number of hydrogen-bond donors (Lipinski definition) is 1. The highest BCUT2D eigenvalue weighted by atomic mass is 79.9. The van der Waals surface area contributed by atoms with Crippen molar-refractivity contribution in [2.45, 2.75) is 0 Å². The Bertz CT molecular complexity index is 569. The minimum absolute atomic E-state index is 0.232. The maximum atomic E-state index is 11.9. The third kappa shape index (κ3) is 2.83. The number of carbonyl (C=O) groups is 1. The van der Waals surface area contributed by atoms with Crippen LogP contribution in [-0.2, 0) is 7.05 Å². The van der Waals surface area contributed by atoms with E-state index in [4.69, 9.17) is 11.6 Å². The molecule has 0 radical (unpaired) electrons. The lowest BCUT2D eigenvalue weighted by molar-refractivity contribution is 0.101. The molecular weight excluding hydrogens is 307 g/mol. The number of rotatable bonds is 2. The number of nitrogens with one attached hydrogen (secondary N) is 1. The largest absolute Gasteiger partial charge is 0.345 e. The molecule has 2 rings (SSSR count). The molecule has 0 saturated heterocycles. The smallest absolute Gasteiger partial charge is 0.273 e. The summed E-state index contributed by atoms with van der Waals surface area (Å²) in [5.74, 6) is 0.0505. The first-order valence-electron chi connectivity index (χ1n) is 4.67. The summed E-state index contributed by atoms with van der Waals surface area (Å²) in [5.41, 5.74) is 0.513. The molecule has 0 spiro atoms. The maximum Gasteiger partial charge on any atom is 0.273 e. The van der Waals surface area contributed by atoms with Crippen LogP contribution in [0.3, 0.4) is 0 Å². The molecule has 2 aromatic heterocycles. The minimum Gasteiger partial charge on any atom is -0.345 e. The molecule has 2 heterocycles. The average molecular weight is 316 g/mol. The van der Waals surface area contributed by atoms with E-state index in [9.17, 15) is 4.79 Å². The fourth-order valence-corrected chi connectivity index (χ4v) is 2.00. The van der Waals surface area contributed by atoms with Gasteiger partial charge < -0.3 is 9.88 Å². The van der Waals surface area contributed by atoms with Gasteiger partial charge in [-0.05, 0) is 22.0 Å². The summed E-state index contributed by atoms with van der Waals surface area (Å²) in [6, 6.07) is 1.72. The topological polar surface area (TPSA) is 59.8 Å². The van der Waals surface area contributed by atoms with E-state index in [1.807, 2.05) is 0 Å². The van der Waals surface area contributed by atoms with Gasteiger partial charge in [-0.2, -0.15) is 0 Å². The van der Waals surface area contributed by atoms with Gasteiger partial charge in [0.15, 0.2) is 5.82 Å². The SMILES string of the molecule is Cn1cc(Br)cc1C(=O)Nc1cncc(Cl)n1. The Morgan fingerprint density at radius 3 is 2.88 bits per heavy atom. The fourth-order valence-electron chi connectivity index (χ4n) is 1.33. The van der Waals surface area contributed by atoms with Crippen molar-refractivity contribution in [3.63, 3.8) is 0 Å². The van der Waals surface area contributed by atoms with Crippen molar-refractivity contribution in [2.24, 2.45) is 7.05 Å². The summed E-state index contributed by atoms with van der Waals surface area (Å²) in [5, 5.41) is 2.85. The van der Waals surface area contributed by atoms with Crippen LogP contribution in [-0.4, -0.2) is 20.4 Å². The number of aryl methyl sites for hydroxylation is 1. The van der Waals surface area contributed by atoms with Gasteiger partial charge in [0.05, 0.1) is 12.4 Å². The van der Waals surface area contributed by atoms with Crippen molar-refractivity contribution in [3.05, 3.63) is 40.0 Å². The number of nitrogens with zero attached hydrogens (tertiary/aromatic N) is 3. The van der Waals surface area contributed by atoms with Gasteiger partial charge in [0.1, 0.15) is 10.8 Å². The van der Waals surface area contributed by atoms with Gasteiger partial charge in [-0.15, -0.1) is 0 Å². The molecule has 0 fully saturated rings. The van der Waals surface area contributed by atoms with Crippen LogP contribution in [0.5, 0.6) is 0 Å². The molecule has 1 N–H and O–H groups in total. The normalized spacial score (nSPS) is 10.3. The number of carbonyl (C=O) groups excluding carboxylic acids is 1. The highest BCUT2D eigenvalue weighted by Crippen LogP contribution is 2.15. The molecule has 17 heavy (non-hydrogen) atoms. The van der Waals surface area contributed by atoms with Gasteiger partial charge >= 0.3 is 0 Å². The molecule has 7 heteroatoms. The van der Waals surface area contributed by atoms with Crippen LogP contribution in [0, 0.1) is 0 Å². The maximum absolute atomic E-state index is 11.9. The first-order valence-corrected chi connectivity index (χ1v) is 5.84. The van der Waals surface area contributed by atoms with Gasteiger partial charge in [-0.25, -0.2) is 4.98 Å². The van der Waals surface area contributed by atoms with Crippen molar-refractivity contribution in [1.82, 2.24) is 14.5 Å². The first-order chi connectivity index (χ1) is 8.06. The lowest BCUT2D eigenvalue weighted by Gasteiger charge is -2.04. The third-order valence-electron chi connectivity index (χ3n) is 2.05. The lowest BCUT2D eigenvalue weighted by atomic mass is 10.4. The monoisotopic (exact) mass is 314 g/mol. The molecule has 0 atom stereocenters. The number of aromatic nitrogens is 3. The van der Waals surface area contributed by atoms with Crippen molar-refractivity contribution in [2.75, 3.05) is 5.32 Å². The molecule has 0 aliphatic rings. The highest BCUT2D eigenvalue weighted by molar-refractivity contribution is 9.10. The van der Waals surface area contributed by atoms with E-state index in [1.165, 1.54) is 12.4 Å². The number of anilines is 1. The molecule has 88 valence electrons. The summed E-state index contributed by atoms with van der Waals surface area (Å²) >= 11 is 8.97. The zero-order valence-corrected chi connectivity index (χ0v) is 11.2. The molecule has 2 aromatic rings. The lowest BCUT2D eigenvalue weighted by Crippen LogP contribution is -2.16. The van der Waals surface area contributed by atoms with Gasteiger partial charge in [-0.3, -0.25) is 9.78 Å². The van der Waals surface area contributed by atoms with Crippen LogP contribution < -0.4 is 5.32 Å². The number of halogens is 2. The quantitative estimate of drug-likeness (QED) is 0.926. The van der Waals surface area contributed by atoms with E-state index < -0.39 is 0 Å². The molecule has 0 aliphatic carbocycles. The van der Waals surface area contributed by atoms with Crippen molar-refractivity contribution in [1.29, 1.82) is 0 Å². The molecule has 5 nitrogen and oxygen atoms in total. The van der Waals surface area contributed by atoms with Gasteiger partial charge in [0.2, 0.25) is 0 Å². The Balaban J connectivity index is 2.20. The molecule has 0 saturated carbocycles. The number of hydrogen-bond acceptors (Lipinski definition) is 3. The summed E-state index contributed by atoms with van der Waals surface area (Å²) in [4.78, 5) is 19.7. The van der Waals surface area contributed by atoms with E-state index in [-0.39, 0.29) is 11.1 Å². The molecule has 0 bridgehead atoms. The van der Waals surface area contributed by atoms with Crippen molar-refractivity contribution in [3.8, 4) is 0 Å². The van der Waals surface area contributed by atoms with Gasteiger partial charge in [0, 0.05) is 17.7 Å². The molecule has 1 amide bonds. The summed E-state index contributed by atoms with van der Waals surface area (Å²) in [6.45, 7) is 0. The second-order valence-electron chi connectivity index (χ2n) is 3.34. The highest BCUT2D eigenvalue weighted by Gasteiger charge is 2.12. The average Bonchev–Trinajstić information content (AvgIpc) is 2.58. The molecule has 0 aliphatic heterocycles. The van der Waals surface area contributed by atoms with Crippen molar-refractivity contribution >= 4 is 39.3 Å². The third-order valence-corrected chi connectivity index (χ3v) is 2.67. The Hall–Kier alpha value is -1.40. The molecule has 0 aromatic carbocycles. The second-order valence-corrected chi connectivity index (χ2v) is 4.64. The Kier molecular flexibility index (Phi) is 3.44. The van der Waals surface area contributed by atoms with Crippen molar-refractivity contribution < 1.29 is 4.79 Å². The van der Waals surface area contributed by atoms with Crippen LogP contribution in [0.15, 0.2) is 29.1 Å². The predicted molar refractivity (Wildman–Crippen MR) is 68.1 cm³/mol. The van der Waals surface area contributed by atoms with Gasteiger partial charge in [0.25, 0.3) is 5.91 Å². The van der Waals surface area contributed by atoms with Crippen LogP contribution in [0.25, 0.3) is 0 Å².